The van der Waals surface area contributed by atoms with Gasteiger partial charge in [-0.1, -0.05) is 6.92 Å². The van der Waals surface area contributed by atoms with Gasteiger partial charge in [-0.2, -0.15) is 0 Å². The Morgan fingerprint density at radius 3 is 2.80 bits per heavy atom. The molecular weight excluding hydrogens is 190 g/mol. The molecule has 1 saturated heterocycles. The highest BCUT2D eigenvalue weighted by atomic mass is 16.5. The van der Waals surface area contributed by atoms with Gasteiger partial charge in [0.15, 0.2) is 0 Å². The Hall–Kier alpha value is -0.120. The Morgan fingerprint density at radius 2 is 2.20 bits per heavy atom. The predicted molar refractivity (Wildman–Crippen MR) is 62.1 cm³/mol. The van der Waals surface area contributed by atoms with Crippen LogP contribution in [-0.4, -0.2) is 50.0 Å². The minimum Gasteiger partial charge on any atom is -0.379 e. The van der Waals surface area contributed by atoms with Gasteiger partial charge in [-0.25, -0.2) is 0 Å². The van der Waals surface area contributed by atoms with Gasteiger partial charge in [-0.05, 0) is 26.7 Å². The third-order valence-corrected chi connectivity index (χ3v) is 3.08. The minimum atomic E-state index is 0.272. The van der Waals surface area contributed by atoms with Crippen LogP contribution in [-0.2, 0) is 9.47 Å². The average Bonchev–Trinajstić information content (AvgIpc) is 2.37. The maximum atomic E-state index is 5.83. The standard InChI is InChI=1S/C12H25NO2/c1-5-14-9-12-11(4)8-13(10(2)3)6-7-15-12/h10-12H,5-9H2,1-4H3/t11-,12+/m0/s1. The van der Waals surface area contributed by atoms with Gasteiger partial charge in [0.2, 0.25) is 0 Å². The van der Waals surface area contributed by atoms with Crippen LogP contribution < -0.4 is 0 Å². The summed E-state index contributed by atoms with van der Waals surface area (Å²) in [5.41, 5.74) is 0. The number of rotatable bonds is 4. The van der Waals surface area contributed by atoms with E-state index in [2.05, 4.69) is 25.7 Å². The first-order valence-electron chi connectivity index (χ1n) is 6.08. The van der Waals surface area contributed by atoms with Crippen LogP contribution in [0.1, 0.15) is 27.7 Å². The van der Waals surface area contributed by atoms with E-state index in [9.17, 15) is 0 Å². The number of ether oxygens (including phenoxy) is 2. The van der Waals surface area contributed by atoms with Gasteiger partial charge in [0.25, 0.3) is 0 Å². The molecule has 1 aliphatic heterocycles. The summed E-state index contributed by atoms with van der Waals surface area (Å²) in [6.07, 6.45) is 0.272. The summed E-state index contributed by atoms with van der Waals surface area (Å²) in [7, 11) is 0. The lowest BCUT2D eigenvalue weighted by atomic mass is 10.0. The van der Waals surface area contributed by atoms with Crippen molar-refractivity contribution in [2.45, 2.75) is 39.8 Å². The Morgan fingerprint density at radius 1 is 1.47 bits per heavy atom. The zero-order chi connectivity index (χ0) is 11.3. The van der Waals surface area contributed by atoms with Crippen LogP contribution in [0.2, 0.25) is 0 Å². The summed E-state index contributed by atoms with van der Waals surface area (Å²) in [5.74, 6) is 0.557. The van der Waals surface area contributed by atoms with Gasteiger partial charge in [0.05, 0.1) is 19.3 Å². The molecule has 0 unspecified atom stereocenters. The third-order valence-electron chi connectivity index (χ3n) is 3.08. The highest BCUT2D eigenvalue weighted by Crippen LogP contribution is 2.16. The highest BCUT2D eigenvalue weighted by Gasteiger charge is 2.25. The average molecular weight is 215 g/mol. The van der Waals surface area contributed by atoms with Gasteiger partial charge in [0.1, 0.15) is 0 Å². The van der Waals surface area contributed by atoms with E-state index in [0.717, 1.165) is 32.9 Å². The van der Waals surface area contributed by atoms with Crippen LogP contribution in [0.5, 0.6) is 0 Å². The van der Waals surface area contributed by atoms with Gasteiger partial charge in [-0.3, -0.25) is 4.90 Å². The molecule has 1 rings (SSSR count). The second kappa shape index (κ2) is 6.46. The molecule has 1 heterocycles. The molecule has 3 nitrogen and oxygen atoms in total. The number of hydrogen-bond acceptors (Lipinski definition) is 3. The molecule has 0 amide bonds. The zero-order valence-electron chi connectivity index (χ0n) is 10.5. The Labute approximate surface area is 93.7 Å². The molecular formula is C12H25NO2. The summed E-state index contributed by atoms with van der Waals surface area (Å²) < 4.78 is 11.3. The second-order valence-corrected chi connectivity index (χ2v) is 4.63. The summed E-state index contributed by atoms with van der Waals surface area (Å²) in [5, 5.41) is 0. The molecule has 90 valence electrons. The number of hydrogen-bond donors (Lipinski definition) is 0. The zero-order valence-corrected chi connectivity index (χ0v) is 10.5. The molecule has 0 saturated carbocycles. The normalized spacial score (nSPS) is 29.4. The van der Waals surface area contributed by atoms with E-state index in [4.69, 9.17) is 9.47 Å². The van der Waals surface area contributed by atoms with Crippen molar-refractivity contribution in [3.05, 3.63) is 0 Å². The molecule has 0 radical (unpaired) electrons. The van der Waals surface area contributed by atoms with Gasteiger partial charge >= 0.3 is 0 Å². The van der Waals surface area contributed by atoms with E-state index < -0.39 is 0 Å². The van der Waals surface area contributed by atoms with Crippen molar-refractivity contribution in [1.29, 1.82) is 0 Å². The summed E-state index contributed by atoms with van der Waals surface area (Å²) >= 11 is 0. The first kappa shape index (κ1) is 12.9. The maximum absolute atomic E-state index is 5.83. The van der Waals surface area contributed by atoms with Crippen LogP contribution in [0.15, 0.2) is 0 Å². The molecule has 0 N–H and O–H groups in total. The fraction of sp³-hybridized carbons (Fsp3) is 1.00. The smallest absolute Gasteiger partial charge is 0.0846 e. The molecule has 3 heteroatoms. The lowest BCUT2D eigenvalue weighted by Crippen LogP contribution is -2.36. The molecule has 0 aromatic rings. The van der Waals surface area contributed by atoms with Gasteiger partial charge in [-0.15, -0.1) is 0 Å². The first-order chi connectivity index (χ1) is 7.15. The molecule has 0 aromatic heterocycles. The van der Waals surface area contributed by atoms with E-state index in [-0.39, 0.29) is 6.10 Å². The minimum absolute atomic E-state index is 0.272. The predicted octanol–water partition coefficient (Wildman–Crippen LogP) is 1.77. The monoisotopic (exact) mass is 215 g/mol. The molecule has 0 bridgehead atoms. The Kier molecular flexibility index (Phi) is 5.58. The molecule has 0 aliphatic carbocycles. The van der Waals surface area contributed by atoms with E-state index in [1.807, 2.05) is 6.92 Å². The van der Waals surface area contributed by atoms with Crippen LogP contribution >= 0.6 is 0 Å². The SMILES string of the molecule is CCOC[C@H]1OCCN(C(C)C)C[C@@H]1C. The first-order valence-corrected chi connectivity index (χ1v) is 6.08. The van der Waals surface area contributed by atoms with Crippen molar-refractivity contribution < 1.29 is 9.47 Å². The van der Waals surface area contributed by atoms with Crippen LogP contribution in [0.4, 0.5) is 0 Å². The number of nitrogens with zero attached hydrogens (tertiary/aromatic N) is 1. The molecule has 15 heavy (non-hydrogen) atoms. The van der Waals surface area contributed by atoms with E-state index >= 15 is 0 Å². The van der Waals surface area contributed by atoms with Crippen LogP contribution in [0.25, 0.3) is 0 Å². The van der Waals surface area contributed by atoms with Crippen LogP contribution in [0, 0.1) is 5.92 Å². The highest BCUT2D eigenvalue weighted by molar-refractivity contribution is 4.76. The van der Waals surface area contributed by atoms with E-state index in [1.165, 1.54) is 0 Å². The van der Waals surface area contributed by atoms with Crippen molar-refractivity contribution >= 4 is 0 Å². The van der Waals surface area contributed by atoms with E-state index in [1.54, 1.807) is 0 Å². The lowest BCUT2D eigenvalue weighted by Gasteiger charge is -2.27. The van der Waals surface area contributed by atoms with Crippen molar-refractivity contribution in [3.8, 4) is 0 Å². The molecule has 1 fully saturated rings. The van der Waals surface area contributed by atoms with Gasteiger partial charge in [0, 0.05) is 25.7 Å². The van der Waals surface area contributed by atoms with Gasteiger partial charge < -0.3 is 9.47 Å². The topological polar surface area (TPSA) is 21.7 Å². The van der Waals surface area contributed by atoms with Crippen molar-refractivity contribution in [2.24, 2.45) is 5.92 Å². The fourth-order valence-corrected chi connectivity index (χ4v) is 1.98. The molecule has 0 aromatic carbocycles. The lowest BCUT2D eigenvalue weighted by molar-refractivity contribution is -0.0275. The molecule has 1 aliphatic rings. The summed E-state index contributed by atoms with van der Waals surface area (Å²) in [4.78, 5) is 2.48. The molecule has 2 atom stereocenters. The largest absolute Gasteiger partial charge is 0.379 e. The van der Waals surface area contributed by atoms with Crippen molar-refractivity contribution in [1.82, 2.24) is 4.90 Å². The molecule has 0 spiro atoms. The summed E-state index contributed by atoms with van der Waals surface area (Å²) in [6.45, 7) is 13.3. The fourth-order valence-electron chi connectivity index (χ4n) is 1.98. The maximum Gasteiger partial charge on any atom is 0.0846 e. The Balaban J connectivity index is 2.42. The summed E-state index contributed by atoms with van der Waals surface area (Å²) in [6, 6.07) is 0.613. The van der Waals surface area contributed by atoms with Crippen molar-refractivity contribution in [2.75, 3.05) is 32.9 Å². The Bertz CT molecular complexity index is 173. The van der Waals surface area contributed by atoms with Crippen LogP contribution in [0.3, 0.4) is 0 Å². The second-order valence-electron chi connectivity index (χ2n) is 4.63. The quantitative estimate of drug-likeness (QED) is 0.713. The third kappa shape index (κ3) is 4.09. The van der Waals surface area contributed by atoms with E-state index in [0.29, 0.717) is 12.0 Å². The van der Waals surface area contributed by atoms with Crippen molar-refractivity contribution in [3.63, 3.8) is 0 Å².